The third-order valence-electron chi connectivity index (χ3n) is 3.96. The molecule has 0 saturated heterocycles. The quantitative estimate of drug-likeness (QED) is 0.841. The van der Waals surface area contributed by atoms with Crippen molar-refractivity contribution in [2.75, 3.05) is 11.9 Å². The lowest BCUT2D eigenvalue weighted by Crippen LogP contribution is -2.34. The highest BCUT2D eigenvalue weighted by atomic mass is 15.2. The molecule has 2 aromatic heterocycles. The summed E-state index contributed by atoms with van der Waals surface area (Å²) in [4.78, 5) is 15.9. The topological polar surface area (TPSA) is 41.9 Å². The van der Waals surface area contributed by atoms with Crippen LogP contribution in [0.2, 0.25) is 0 Å². The summed E-state index contributed by atoms with van der Waals surface area (Å²) in [5, 5.41) is 0. The zero-order valence-corrected chi connectivity index (χ0v) is 13.5. The van der Waals surface area contributed by atoms with Gasteiger partial charge in [-0.2, -0.15) is 0 Å². The molecule has 0 aliphatic carbocycles. The van der Waals surface area contributed by atoms with Crippen LogP contribution in [0.15, 0.2) is 30.5 Å². The highest BCUT2D eigenvalue weighted by Crippen LogP contribution is 2.21. The lowest BCUT2D eigenvalue weighted by atomic mass is 10.1. The van der Waals surface area contributed by atoms with Gasteiger partial charge in [0.2, 0.25) is 0 Å². The normalized spacial score (nSPS) is 12.5. The van der Waals surface area contributed by atoms with Crippen molar-refractivity contribution in [2.45, 2.75) is 40.2 Å². The van der Waals surface area contributed by atoms with Crippen LogP contribution in [-0.2, 0) is 6.42 Å². The number of pyridine rings is 1. The Hall–Kier alpha value is -1.97. The Labute approximate surface area is 127 Å². The molecule has 21 heavy (non-hydrogen) atoms. The van der Waals surface area contributed by atoms with E-state index in [1.165, 1.54) is 0 Å². The number of rotatable bonds is 5. The molecule has 112 valence electrons. The second-order valence-electron chi connectivity index (χ2n) is 5.71. The SMILES string of the molecule is CCc1cc(N(C)C(C)C(C)C)nc(-c2ccccn2)n1. The number of hydrogen-bond acceptors (Lipinski definition) is 4. The van der Waals surface area contributed by atoms with Crippen LogP contribution in [0.3, 0.4) is 0 Å². The van der Waals surface area contributed by atoms with Gasteiger partial charge in [0.1, 0.15) is 11.5 Å². The predicted octanol–water partition coefficient (Wildman–Crippen LogP) is 3.58. The molecule has 0 fully saturated rings. The molecule has 0 aliphatic rings. The van der Waals surface area contributed by atoms with Gasteiger partial charge in [-0.25, -0.2) is 9.97 Å². The first-order chi connectivity index (χ1) is 10.0. The van der Waals surface area contributed by atoms with E-state index in [0.29, 0.717) is 17.8 Å². The number of hydrogen-bond donors (Lipinski definition) is 0. The summed E-state index contributed by atoms with van der Waals surface area (Å²) in [6, 6.07) is 8.31. The molecule has 0 spiro atoms. The van der Waals surface area contributed by atoms with Crippen LogP contribution in [0.1, 0.15) is 33.4 Å². The van der Waals surface area contributed by atoms with E-state index in [-0.39, 0.29) is 0 Å². The molecular formula is C17H24N4. The highest BCUT2D eigenvalue weighted by Gasteiger charge is 2.17. The highest BCUT2D eigenvalue weighted by molar-refractivity contribution is 5.53. The Bertz CT molecular complexity index is 581. The van der Waals surface area contributed by atoms with E-state index in [1.54, 1.807) is 6.20 Å². The molecule has 0 aromatic carbocycles. The number of anilines is 1. The standard InChI is InChI=1S/C17H24N4/c1-6-14-11-16(21(5)13(4)12(2)3)20-17(19-14)15-9-7-8-10-18-15/h7-13H,6H2,1-5H3. The fraction of sp³-hybridized carbons (Fsp3) is 0.471. The molecule has 1 atom stereocenters. The van der Waals surface area contributed by atoms with Crippen LogP contribution < -0.4 is 4.90 Å². The first-order valence-electron chi connectivity index (χ1n) is 7.55. The average Bonchev–Trinajstić information content (AvgIpc) is 2.53. The van der Waals surface area contributed by atoms with Crippen molar-refractivity contribution in [3.05, 3.63) is 36.2 Å². The number of aromatic nitrogens is 3. The molecule has 2 rings (SSSR count). The van der Waals surface area contributed by atoms with Gasteiger partial charge in [-0.05, 0) is 31.4 Å². The molecule has 0 N–H and O–H groups in total. The van der Waals surface area contributed by atoms with Gasteiger partial charge in [-0.1, -0.05) is 26.8 Å². The van der Waals surface area contributed by atoms with Crippen molar-refractivity contribution >= 4 is 5.82 Å². The Morgan fingerprint density at radius 3 is 2.48 bits per heavy atom. The summed E-state index contributed by atoms with van der Waals surface area (Å²) in [7, 11) is 2.09. The summed E-state index contributed by atoms with van der Waals surface area (Å²) >= 11 is 0. The van der Waals surface area contributed by atoms with E-state index in [4.69, 9.17) is 4.98 Å². The first-order valence-corrected chi connectivity index (χ1v) is 7.55. The minimum Gasteiger partial charge on any atom is -0.357 e. The molecule has 2 heterocycles. The van der Waals surface area contributed by atoms with E-state index in [1.807, 2.05) is 18.2 Å². The smallest absolute Gasteiger partial charge is 0.180 e. The zero-order chi connectivity index (χ0) is 15.4. The van der Waals surface area contributed by atoms with Gasteiger partial charge < -0.3 is 4.90 Å². The van der Waals surface area contributed by atoms with Gasteiger partial charge >= 0.3 is 0 Å². The van der Waals surface area contributed by atoms with Crippen LogP contribution in [0.5, 0.6) is 0 Å². The van der Waals surface area contributed by atoms with Crippen molar-refractivity contribution in [1.82, 2.24) is 15.0 Å². The molecule has 0 amide bonds. The fourth-order valence-corrected chi connectivity index (χ4v) is 2.11. The molecule has 0 radical (unpaired) electrons. The maximum absolute atomic E-state index is 4.71. The van der Waals surface area contributed by atoms with Gasteiger partial charge in [0.25, 0.3) is 0 Å². The van der Waals surface area contributed by atoms with Gasteiger partial charge in [-0.15, -0.1) is 0 Å². The van der Waals surface area contributed by atoms with Crippen molar-refractivity contribution in [3.63, 3.8) is 0 Å². The lowest BCUT2D eigenvalue weighted by molar-refractivity contribution is 0.502. The van der Waals surface area contributed by atoms with E-state index < -0.39 is 0 Å². The molecule has 2 aromatic rings. The van der Waals surface area contributed by atoms with Gasteiger partial charge in [0.05, 0.1) is 0 Å². The lowest BCUT2D eigenvalue weighted by Gasteiger charge is -2.29. The molecule has 4 nitrogen and oxygen atoms in total. The summed E-state index contributed by atoms with van der Waals surface area (Å²) in [6.45, 7) is 8.78. The Kier molecular flexibility index (Phi) is 4.89. The minimum atomic E-state index is 0.418. The van der Waals surface area contributed by atoms with Crippen molar-refractivity contribution < 1.29 is 0 Å². The van der Waals surface area contributed by atoms with E-state index in [2.05, 4.69) is 55.7 Å². The van der Waals surface area contributed by atoms with E-state index in [0.717, 1.165) is 23.6 Å². The van der Waals surface area contributed by atoms with Crippen LogP contribution in [0.25, 0.3) is 11.5 Å². The number of nitrogens with zero attached hydrogens (tertiary/aromatic N) is 4. The summed E-state index contributed by atoms with van der Waals surface area (Å²) in [6.07, 6.45) is 2.66. The average molecular weight is 284 g/mol. The molecule has 0 bridgehead atoms. The Morgan fingerprint density at radius 2 is 1.90 bits per heavy atom. The van der Waals surface area contributed by atoms with Gasteiger partial charge in [0.15, 0.2) is 5.82 Å². The fourth-order valence-electron chi connectivity index (χ4n) is 2.11. The largest absolute Gasteiger partial charge is 0.357 e. The molecule has 1 unspecified atom stereocenters. The van der Waals surface area contributed by atoms with E-state index >= 15 is 0 Å². The molecular weight excluding hydrogens is 260 g/mol. The van der Waals surface area contributed by atoms with E-state index in [9.17, 15) is 0 Å². The molecule has 0 saturated carbocycles. The molecule has 4 heteroatoms. The predicted molar refractivity (Wildman–Crippen MR) is 87.3 cm³/mol. The Balaban J connectivity index is 2.43. The second-order valence-corrected chi connectivity index (χ2v) is 5.71. The monoisotopic (exact) mass is 284 g/mol. The van der Waals surface area contributed by atoms with Gasteiger partial charge in [-0.3, -0.25) is 4.98 Å². The second kappa shape index (κ2) is 6.66. The van der Waals surface area contributed by atoms with Crippen LogP contribution in [0.4, 0.5) is 5.82 Å². The first kappa shape index (κ1) is 15.4. The number of aryl methyl sites for hydroxylation is 1. The maximum Gasteiger partial charge on any atom is 0.180 e. The maximum atomic E-state index is 4.71. The van der Waals surface area contributed by atoms with Gasteiger partial charge in [0, 0.05) is 31.0 Å². The minimum absolute atomic E-state index is 0.418. The van der Waals surface area contributed by atoms with Crippen LogP contribution in [0, 0.1) is 5.92 Å². The third-order valence-corrected chi connectivity index (χ3v) is 3.96. The Morgan fingerprint density at radius 1 is 1.14 bits per heavy atom. The zero-order valence-electron chi connectivity index (χ0n) is 13.5. The summed E-state index contributed by atoms with van der Waals surface area (Å²) < 4.78 is 0. The van der Waals surface area contributed by atoms with Crippen molar-refractivity contribution in [1.29, 1.82) is 0 Å². The summed E-state index contributed by atoms with van der Waals surface area (Å²) in [5.41, 5.74) is 1.86. The van der Waals surface area contributed by atoms with Crippen molar-refractivity contribution in [3.8, 4) is 11.5 Å². The third kappa shape index (κ3) is 3.57. The molecule has 0 aliphatic heterocycles. The van der Waals surface area contributed by atoms with Crippen molar-refractivity contribution in [2.24, 2.45) is 5.92 Å². The van der Waals surface area contributed by atoms with Crippen LogP contribution in [-0.4, -0.2) is 28.0 Å². The summed E-state index contributed by atoms with van der Waals surface area (Å²) in [5.74, 6) is 2.23. The van der Waals surface area contributed by atoms with Crippen LogP contribution >= 0.6 is 0 Å².